The Morgan fingerprint density at radius 2 is 1.85 bits per heavy atom. The highest BCUT2D eigenvalue weighted by atomic mass is 35.5. The fourth-order valence-corrected chi connectivity index (χ4v) is 3.57. The molecule has 0 saturated heterocycles. The Hall–Kier alpha value is -3.62. The van der Waals surface area contributed by atoms with Crippen LogP contribution in [0.3, 0.4) is 0 Å². The van der Waals surface area contributed by atoms with Crippen LogP contribution in [-0.4, -0.2) is 27.7 Å². The van der Waals surface area contributed by atoms with E-state index in [0.717, 1.165) is 11.6 Å². The number of phenolic OH excluding ortho intramolecular Hbond substituents is 1. The Morgan fingerprint density at radius 1 is 1.12 bits per heavy atom. The van der Waals surface area contributed by atoms with Crippen molar-refractivity contribution in [3.63, 3.8) is 0 Å². The molecule has 0 aliphatic heterocycles. The first-order valence-electron chi connectivity index (χ1n) is 10.2. The average Bonchev–Trinajstić information content (AvgIpc) is 2.79. The maximum atomic E-state index is 11.9. The third-order valence-electron chi connectivity index (χ3n) is 5.03. The van der Waals surface area contributed by atoms with Crippen LogP contribution in [0.15, 0.2) is 66.7 Å². The van der Waals surface area contributed by atoms with E-state index in [9.17, 15) is 25.1 Å². The largest absolute Gasteiger partial charge is 0.502 e. The van der Waals surface area contributed by atoms with Crippen LogP contribution < -0.4 is 5.32 Å². The van der Waals surface area contributed by atoms with E-state index in [2.05, 4.69) is 5.32 Å². The molecule has 0 fully saturated rings. The number of carbonyl (C=O) groups excluding carboxylic acids is 1. The molecule has 3 N–H and O–H groups in total. The number of aromatic hydroxyl groups is 1. The van der Waals surface area contributed by atoms with E-state index in [4.69, 9.17) is 16.3 Å². The number of hydrogen-bond acceptors (Lipinski definition) is 7. The van der Waals surface area contributed by atoms with Crippen molar-refractivity contribution >= 4 is 28.9 Å². The topological polar surface area (TPSA) is 122 Å². The van der Waals surface area contributed by atoms with Crippen molar-refractivity contribution in [3.8, 4) is 5.75 Å². The lowest BCUT2D eigenvalue weighted by Crippen LogP contribution is -2.15. The number of esters is 1. The number of anilines is 1. The van der Waals surface area contributed by atoms with Crippen LogP contribution in [0.2, 0.25) is 5.02 Å². The Morgan fingerprint density at radius 3 is 2.48 bits per heavy atom. The molecular weight excluding hydrogens is 448 g/mol. The molecule has 0 saturated carbocycles. The molecule has 0 radical (unpaired) electrons. The second kappa shape index (κ2) is 10.8. The van der Waals surface area contributed by atoms with Gasteiger partial charge in [-0.1, -0.05) is 29.8 Å². The van der Waals surface area contributed by atoms with Crippen LogP contribution in [0.25, 0.3) is 0 Å². The molecule has 9 heteroatoms. The van der Waals surface area contributed by atoms with Gasteiger partial charge in [0.25, 0.3) is 0 Å². The van der Waals surface area contributed by atoms with Gasteiger partial charge in [-0.25, -0.2) is 4.79 Å². The highest BCUT2D eigenvalue weighted by Crippen LogP contribution is 2.34. The Kier molecular flexibility index (Phi) is 7.87. The van der Waals surface area contributed by atoms with Gasteiger partial charge in [0.05, 0.1) is 29.2 Å². The molecule has 3 rings (SSSR count). The number of ether oxygens (including phenoxy) is 1. The smallest absolute Gasteiger partial charge is 0.338 e. The summed E-state index contributed by atoms with van der Waals surface area (Å²) in [5.41, 5.74) is 1.72. The van der Waals surface area contributed by atoms with Crippen LogP contribution in [-0.2, 0) is 4.74 Å². The molecule has 0 aliphatic rings. The zero-order chi connectivity index (χ0) is 24.0. The number of carbonyl (C=O) groups is 1. The lowest BCUT2D eigenvalue weighted by atomic mass is 9.96. The molecule has 8 nitrogen and oxygen atoms in total. The molecule has 0 bridgehead atoms. The van der Waals surface area contributed by atoms with Crippen LogP contribution in [0.4, 0.5) is 11.4 Å². The number of benzene rings is 3. The molecule has 0 aliphatic carbocycles. The maximum absolute atomic E-state index is 11.9. The zero-order valence-corrected chi connectivity index (χ0v) is 18.5. The van der Waals surface area contributed by atoms with Gasteiger partial charge in [-0.15, -0.1) is 0 Å². The Bertz CT molecular complexity index is 1140. The first kappa shape index (κ1) is 24.0. The SMILES string of the molecule is CCOC(=O)c1ccc(NC(CC(O)c2ccc(O)c([N+](=O)[O-])c2)c2cccc(Cl)c2)cc1. The summed E-state index contributed by atoms with van der Waals surface area (Å²) in [6.45, 7) is 2.01. The van der Waals surface area contributed by atoms with Gasteiger partial charge >= 0.3 is 11.7 Å². The van der Waals surface area contributed by atoms with Crippen molar-refractivity contribution in [2.45, 2.75) is 25.5 Å². The van der Waals surface area contributed by atoms with E-state index in [1.54, 1.807) is 49.4 Å². The minimum Gasteiger partial charge on any atom is -0.502 e. The number of nitro groups is 1. The number of nitro benzene ring substituents is 1. The normalized spacial score (nSPS) is 12.6. The zero-order valence-electron chi connectivity index (χ0n) is 17.8. The highest BCUT2D eigenvalue weighted by Gasteiger charge is 2.22. The Labute approximate surface area is 195 Å². The predicted molar refractivity (Wildman–Crippen MR) is 125 cm³/mol. The summed E-state index contributed by atoms with van der Waals surface area (Å²) in [6.07, 6.45) is -0.915. The lowest BCUT2D eigenvalue weighted by molar-refractivity contribution is -0.386. The van der Waals surface area contributed by atoms with E-state index < -0.39 is 34.5 Å². The number of halogens is 1. The van der Waals surface area contributed by atoms with E-state index in [0.29, 0.717) is 21.8 Å². The number of aliphatic hydroxyl groups excluding tert-OH is 1. The minimum atomic E-state index is -1.07. The highest BCUT2D eigenvalue weighted by molar-refractivity contribution is 6.30. The summed E-state index contributed by atoms with van der Waals surface area (Å²) in [6, 6.07) is 17.2. The fourth-order valence-electron chi connectivity index (χ4n) is 3.37. The Balaban J connectivity index is 1.86. The average molecular weight is 471 g/mol. The van der Waals surface area contributed by atoms with Gasteiger partial charge in [0.2, 0.25) is 0 Å². The number of rotatable bonds is 9. The molecule has 0 amide bonds. The number of aliphatic hydroxyl groups is 1. The summed E-state index contributed by atoms with van der Waals surface area (Å²) in [4.78, 5) is 22.3. The first-order chi connectivity index (χ1) is 15.8. The fraction of sp³-hybridized carbons (Fsp3) is 0.208. The summed E-state index contributed by atoms with van der Waals surface area (Å²) in [5.74, 6) is -0.887. The molecule has 172 valence electrons. The molecule has 33 heavy (non-hydrogen) atoms. The van der Waals surface area contributed by atoms with Crippen LogP contribution in [0.1, 0.15) is 47.0 Å². The summed E-state index contributed by atoms with van der Waals surface area (Å²) in [7, 11) is 0. The van der Waals surface area contributed by atoms with E-state index in [1.165, 1.54) is 12.1 Å². The van der Waals surface area contributed by atoms with Gasteiger partial charge < -0.3 is 20.3 Å². The molecule has 3 aromatic rings. The van der Waals surface area contributed by atoms with Crippen molar-refractivity contribution in [2.75, 3.05) is 11.9 Å². The maximum Gasteiger partial charge on any atom is 0.338 e. The molecule has 2 atom stereocenters. The van der Waals surface area contributed by atoms with Crippen molar-refractivity contribution in [1.82, 2.24) is 0 Å². The van der Waals surface area contributed by atoms with E-state index >= 15 is 0 Å². The van der Waals surface area contributed by atoms with Gasteiger partial charge in [0.15, 0.2) is 5.75 Å². The monoisotopic (exact) mass is 470 g/mol. The first-order valence-corrected chi connectivity index (χ1v) is 10.6. The second-order valence-corrected chi connectivity index (χ2v) is 7.74. The molecule has 0 aromatic heterocycles. The van der Waals surface area contributed by atoms with Crippen LogP contribution in [0.5, 0.6) is 5.75 Å². The molecule has 3 aromatic carbocycles. The van der Waals surface area contributed by atoms with Crippen LogP contribution >= 0.6 is 11.6 Å². The van der Waals surface area contributed by atoms with Gasteiger partial charge in [-0.3, -0.25) is 10.1 Å². The third-order valence-corrected chi connectivity index (χ3v) is 5.26. The predicted octanol–water partition coefficient (Wildman–Crippen LogP) is 5.41. The standard InChI is InChI=1S/C24H23ClN2O6/c1-2-33-24(30)15-6-9-19(10-7-15)26-20(16-4-3-5-18(25)12-16)14-23(29)17-8-11-22(28)21(13-17)27(31)32/h3-13,20,23,26,28-29H,2,14H2,1H3. The third kappa shape index (κ3) is 6.21. The number of phenols is 1. The number of hydrogen-bond donors (Lipinski definition) is 3. The van der Waals surface area contributed by atoms with Crippen molar-refractivity contribution in [3.05, 3.63) is 98.6 Å². The summed E-state index contributed by atoms with van der Waals surface area (Å²) < 4.78 is 5.00. The summed E-state index contributed by atoms with van der Waals surface area (Å²) in [5, 5.41) is 35.5. The molecule has 0 spiro atoms. The molecule has 0 heterocycles. The van der Waals surface area contributed by atoms with E-state index in [1.807, 2.05) is 6.07 Å². The van der Waals surface area contributed by atoms with Gasteiger partial charge in [-0.2, -0.15) is 0 Å². The van der Waals surface area contributed by atoms with E-state index in [-0.39, 0.29) is 13.0 Å². The molecule has 2 unspecified atom stereocenters. The van der Waals surface area contributed by atoms with Gasteiger partial charge in [0.1, 0.15) is 0 Å². The molecular formula is C24H23ClN2O6. The summed E-state index contributed by atoms with van der Waals surface area (Å²) >= 11 is 6.16. The van der Waals surface area contributed by atoms with Crippen LogP contribution in [0, 0.1) is 10.1 Å². The quantitative estimate of drug-likeness (QED) is 0.217. The van der Waals surface area contributed by atoms with Gasteiger partial charge in [-0.05, 0) is 60.5 Å². The van der Waals surface area contributed by atoms with Crippen molar-refractivity contribution in [2.24, 2.45) is 0 Å². The minimum absolute atomic E-state index is 0.155. The second-order valence-electron chi connectivity index (χ2n) is 7.31. The number of nitrogens with one attached hydrogen (secondary N) is 1. The van der Waals surface area contributed by atoms with Crippen molar-refractivity contribution < 1.29 is 24.7 Å². The van der Waals surface area contributed by atoms with Crippen molar-refractivity contribution in [1.29, 1.82) is 0 Å². The number of nitrogens with zero attached hydrogens (tertiary/aromatic N) is 1. The van der Waals surface area contributed by atoms with Gasteiger partial charge in [0, 0.05) is 23.2 Å². The lowest BCUT2D eigenvalue weighted by Gasteiger charge is -2.24.